The predicted octanol–water partition coefficient (Wildman–Crippen LogP) is 3.52. The van der Waals surface area contributed by atoms with Crippen LogP contribution in [0.4, 0.5) is 14.9 Å². The highest BCUT2D eigenvalue weighted by atomic mass is 32.2. The molecule has 1 aromatic carbocycles. The molecule has 6 nitrogen and oxygen atoms in total. The lowest BCUT2D eigenvalue weighted by molar-refractivity contribution is 0.00810. The molecule has 2 atom stereocenters. The fourth-order valence-electron chi connectivity index (χ4n) is 3.57. The second-order valence-electron chi connectivity index (χ2n) is 7.68. The number of hydrogen-bond donors (Lipinski definition) is 2. The molecule has 3 rings (SSSR count). The number of nitrogens with zero attached hydrogens (tertiary/aromatic N) is 2. The van der Waals surface area contributed by atoms with Gasteiger partial charge in [-0.05, 0) is 39.0 Å². The minimum absolute atomic E-state index is 0.0445. The van der Waals surface area contributed by atoms with Crippen molar-refractivity contribution < 1.29 is 19.0 Å². The van der Waals surface area contributed by atoms with E-state index < -0.39 is 17.2 Å². The number of halogens is 1. The molecule has 26 heavy (non-hydrogen) atoms. The maximum atomic E-state index is 14.7. The molecular formula is C18H24FN3O3S. The van der Waals surface area contributed by atoms with Gasteiger partial charge in [0.1, 0.15) is 5.82 Å². The van der Waals surface area contributed by atoms with E-state index >= 15 is 0 Å². The first kappa shape index (κ1) is 19.0. The van der Waals surface area contributed by atoms with Crippen LogP contribution in [-0.2, 0) is 10.3 Å². The van der Waals surface area contributed by atoms with Crippen LogP contribution in [0.2, 0.25) is 0 Å². The van der Waals surface area contributed by atoms with Crippen LogP contribution in [0, 0.1) is 11.7 Å². The summed E-state index contributed by atoms with van der Waals surface area (Å²) in [6.45, 7) is 6.34. The number of nitrogen functional groups attached to an aromatic ring is 1. The maximum Gasteiger partial charge on any atom is 0.413 e. The van der Waals surface area contributed by atoms with Gasteiger partial charge in [0.15, 0.2) is 5.17 Å². The van der Waals surface area contributed by atoms with Crippen LogP contribution in [0.3, 0.4) is 0 Å². The third-order valence-corrected chi connectivity index (χ3v) is 5.94. The molecule has 0 unspecified atom stereocenters. The van der Waals surface area contributed by atoms with E-state index in [-0.39, 0.29) is 11.7 Å². The van der Waals surface area contributed by atoms with Crippen molar-refractivity contribution in [1.29, 1.82) is 0 Å². The van der Waals surface area contributed by atoms with Crippen LogP contribution in [0.25, 0.3) is 0 Å². The molecule has 1 saturated heterocycles. The quantitative estimate of drug-likeness (QED) is 0.727. The highest BCUT2D eigenvalue weighted by Gasteiger charge is 2.49. The molecule has 0 radical (unpaired) electrons. The second kappa shape index (κ2) is 6.74. The number of carboxylic acid groups (broad SMARTS) is 1. The Balaban J connectivity index is 2.17. The lowest BCUT2D eigenvalue weighted by atomic mass is 9.75. The molecule has 0 spiro atoms. The van der Waals surface area contributed by atoms with Crippen LogP contribution in [-0.4, -0.2) is 45.8 Å². The van der Waals surface area contributed by atoms with Gasteiger partial charge in [-0.15, -0.1) is 0 Å². The van der Waals surface area contributed by atoms with Gasteiger partial charge in [-0.25, -0.2) is 14.2 Å². The van der Waals surface area contributed by atoms with Crippen LogP contribution in [0.1, 0.15) is 32.8 Å². The minimum atomic E-state index is -1.07. The van der Waals surface area contributed by atoms with Crippen LogP contribution in [0.5, 0.6) is 0 Å². The van der Waals surface area contributed by atoms with Crippen molar-refractivity contribution in [3.63, 3.8) is 0 Å². The molecule has 2 heterocycles. The normalized spacial score (nSPS) is 26.0. The van der Waals surface area contributed by atoms with E-state index in [1.54, 1.807) is 6.07 Å². The van der Waals surface area contributed by atoms with E-state index in [4.69, 9.17) is 15.5 Å². The van der Waals surface area contributed by atoms with Crippen LogP contribution in [0.15, 0.2) is 23.2 Å². The molecule has 0 bridgehead atoms. The maximum absolute atomic E-state index is 14.7. The summed E-state index contributed by atoms with van der Waals surface area (Å²) < 4.78 is 20.3. The second-order valence-corrected chi connectivity index (χ2v) is 8.67. The van der Waals surface area contributed by atoms with Crippen LogP contribution >= 0.6 is 11.8 Å². The molecule has 1 amide bonds. The number of carbonyl (C=O) groups is 1. The Kier molecular flexibility index (Phi) is 4.92. The number of nitrogens with two attached hydrogens (primary N) is 1. The third-order valence-electron chi connectivity index (χ3n) is 4.84. The average Bonchev–Trinajstić information content (AvgIpc) is 2.55. The summed E-state index contributed by atoms with van der Waals surface area (Å²) in [6, 6.07) is 4.49. The number of benzene rings is 1. The van der Waals surface area contributed by atoms with E-state index in [1.807, 2.05) is 20.8 Å². The monoisotopic (exact) mass is 381 g/mol. The fourth-order valence-corrected chi connectivity index (χ4v) is 5.00. The third kappa shape index (κ3) is 3.27. The van der Waals surface area contributed by atoms with E-state index in [1.165, 1.54) is 28.8 Å². The molecule has 8 heteroatoms. The largest absolute Gasteiger partial charge is 0.465 e. The Hall–Kier alpha value is -1.80. The summed E-state index contributed by atoms with van der Waals surface area (Å²) in [5, 5.41) is 10.1. The predicted molar refractivity (Wildman–Crippen MR) is 101 cm³/mol. The van der Waals surface area contributed by atoms with E-state index in [9.17, 15) is 14.3 Å². The summed E-state index contributed by atoms with van der Waals surface area (Å²) >= 11 is 1.38. The summed E-state index contributed by atoms with van der Waals surface area (Å²) in [5.74, 6) is 0.183. The zero-order valence-electron chi connectivity index (χ0n) is 15.2. The Labute approximate surface area is 156 Å². The van der Waals surface area contributed by atoms with Crippen molar-refractivity contribution in [2.24, 2.45) is 10.9 Å². The van der Waals surface area contributed by atoms with Gasteiger partial charge in [0.25, 0.3) is 0 Å². The molecule has 0 aromatic heterocycles. The van der Waals surface area contributed by atoms with Gasteiger partial charge < -0.3 is 15.6 Å². The molecular weight excluding hydrogens is 357 g/mol. The number of thioether (sulfide) groups is 1. The molecule has 3 N–H and O–H groups in total. The average molecular weight is 381 g/mol. The number of ether oxygens (including phenoxy) is 1. The Morgan fingerprint density at radius 3 is 2.88 bits per heavy atom. The molecule has 1 aromatic rings. The molecule has 2 aliphatic rings. The number of rotatable bonds is 1. The number of hydrogen-bond acceptors (Lipinski definition) is 5. The SMILES string of the molecule is CC(C)(C)N(C(=O)O)C1=N[C@@]2(c3cc(N)ccc3F)CCOC[C@H]2CS1. The lowest BCUT2D eigenvalue weighted by Crippen LogP contribution is -2.53. The zero-order chi connectivity index (χ0) is 19.1. The van der Waals surface area contributed by atoms with Crippen LogP contribution < -0.4 is 5.73 Å². The molecule has 1 fully saturated rings. The highest BCUT2D eigenvalue weighted by molar-refractivity contribution is 8.13. The summed E-state index contributed by atoms with van der Waals surface area (Å²) in [6.07, 6.45) is -0.586. The summed E-state index contributed by atoms with van der Waals surface area (Å²) in [7, 11) is 0. The van der Waals surface area contributed by atoms with Crippen molar-refractivity contribution in [3.05, 3.63) is 29.6 Å². The standard InChI is InChI=1S/C18H24FN3O3S/c1-17(2,3)22(16(23)24)15-21-18(6-7-25-9-11(18)10-26-15)13-8-12(20)4-5-14(13)19/h4-5,8,11H,6-7,9-10,20H2,1-3H3,(H,23,24)/t11-,18-/m0/s1. The van der Waals surface area contributed by atoms with E-state index in [0.717, 1.165) is 0 Å². The minimum Gasteiger partial charge on any atom is -0.465 e. The Bertz CT molecular complexity index is 750. The van der Waals surface area contributed by atoms with Gasteiger partial charge in [-0.1, -0.05) is 11.8 Å². The molecule has 2 aliphatic heterocycles. The van der Waals surface area contributed by atoms with Crippen molar-refractivity contribution in [1.82, 2.24) is 4.90 Å². The zero-order valence-corrected chi connectivity index (χ0v) is 16.0. The fraction of sp³-hybridized carbons (Fsp3) is 0.556. The first-order chi connectivity index (χ1) is 12.1. The van der Waals surface area contributed by atoms with Crippen molar-refractivity contribution in [3.8, 4) is 0 Å². The van der Waals surface area contributed by atoms with E-state index in [2.05, 4.69) is 0 Å². The van der Waals surface area contributed by atoms with Gasteiger partial charge in [-0.2, -0.15) is 0 Å². The number of anilines is 1. The number of aliphatic imine (C=N–C) groups is 1. The van der Waals surface area contributed by atoms with Crippen molar-refractivity contribution >= 4 is 28.7 Å². The smallest absolute Gasteiger partial charge is 0.413 e. The molecule has 0 saturated carbocycles. The molecule has 0 aliphatic carbocycles. The van der Waals surface area contributed by atoms with Gasteiger partial charge in [0, 0.05) is 41.5 Å². The topological polar surface area (TPSA) is 88.2 Å². The van der Waals surface area contributed by atoms with Crippen molar-refractivity contribution in [2.45, 2.75) is 38.3 Å². The number of amidine groups is 1. The van der Waals surface area contributed by atoms with E-state index in [0.29, 0.717) is 41.8 Å². The van der Waals surface area contributed by atoms with Gasteiger partial charge >= 0.3 is 6.09 Å². The van der Waals surface area contributed by atoms with Gasteiger partial charge in [-0.3, -0.25) is 4.90 Å². The first-order valence-electron chi connectivity index (χ1n) is 8.54. The molecule has 142 valence electrons. The number of amides is 1. The van der Waals surface area contributed by atoms with Gasteiger partial charge in [0.2, 0.25) is 0 Å². The summed E-state index contributed by atoms with van der Waals surface area (Å²) in [5.41, 5.74) is 5.26. The summed E-state index contributed by atoms with van der Waals surface area (Å²) in [4.78, 5) is 18.0. The highest BCUT2D eigenvalue weighted by Crippen LogP contribution is 2.47. The Morgan fingerprint density at radius 1 is 1.50 bits per heavy atom. The van der Waals surface area contributed by atoms with Gasteiger partial charge in [0.05, 0.1) is 12.1 Å². The number of fused-ring (bicyclic) bond motifs is 1. The lowest BCUT2D eigenvalue weighted by Gasteiger charge is -2.46. The first-order valence-corrected chi connectivity index (χ1v) is 9.53. The Morgan fingerprint density at radius 2 is 2.23 bits per heavy atom. The van der Waals surface area contributed by atoms with Crippen molar-refractivity contribution in [2.75, 3.05) is 24.7 Å².